The van der Waals surface area contributed by atoms with Crippen molar-refractivity contribution in [3.8, 4) is 0 Å². The van der Waals surface area contributed by atoms with Crippen LogP contribution in [-0.2, 0) is 26.2 Å². The summed E-state index contributed by atoms with van der Waals surface area (Å²) in [6, 6.07) is 23.6. The first-order valence-electron chi connectivity index (χ1n) is 11.6. The molecule has 0 aromatic heterocycles. The molecule has 0 aliphatic rings. The number of hydrogen-bond donors (Lipinski definition) is 4. The van der Waals surface area contributed by atoms with E-state index in [1.54, 1.807) is 12.1 Å². The molecule has 0 unspecified atom stereocenters. The Balaban J connectivity index is 1.66. The number of quaternary nitrogens is 2. The second kappa shape index (κ2) is 10.9. The van der Waals surface area contributed by atoms with Crippen LogP contribution in [0.1, 0.15) is 22.3 Å². The van der Waals surface area contributed by atoms with Crippen LogP contribution in [0.15, 0.2) is 72.8 Å². The van der Waals surface area contributed by atoms with Crippen molar-refractivity contribution in [2.75, 3.05) is 28.2 Å². The summed E-state index contributed by atoms with van der Waals surface area (Å²) in [5, 5.41) is 38.7. The molecule has 3 aromatic carbocycles. The molecule has 0 aliphatic heterocycles. The molecule has 0 amide bonds. The summed E-state index contributed by atoms with van der Waals surface area (Å²) in [6.45, 7) is 3.01. The van der Waals surface area contributed by atoms with Crippen molar-refractivity contribution in [2.45, 2.75) is 26.2 Å². The smallest absolute Gasteiger partial charge is 0.423 e. The summed E-state index contributed by atoms with van der Waals surface area (Å²) in [6.07, 6.45) is 0. The van der Waals surface area contributed by atoms with E-state index in [0.717, 1.165) is 24.2 Å². The predicted molar refractivity (Wildman–Crippen MR) is 138 cm³/mol. The van der Waals surface area contributed by atoms with Gasteiger partial charge in [-0.05, 0) is 10.9 Å². The Bertz CT molecular complexity index is 1000. The average molecular weight is 462 g/mol. The van der Waals surface area contributed by atoms with E-state index in [9.17, 15) is 20.1 Å². The number of rotatable bonds is 10. The molecular weight excluding hydrogens is 426 g/mol. The van der Waals surface area contributed by atoms with Crippen molar-refractivity contribution in [1.29, 1.82) is 0 Å². The summed E-state index contributed by atoms with van der Waals surface area (Å²) in [5.41, 5.74) is 5.42. The molecule has 8 heteroatoms. The van der Waals surface area contributed by atoms with Gasteiger partial charge in [0, 0.05) is 22.3 Å². The van der Waals surface area contributed by atoms with Gasteiger partial charge in [0.05, 0.1) is 28.2 Å². The molecule has 0 fully saturated rings. The fourth-order valence-corrected chi connectivity index (χ4v) is 4.63. The lowest BCUT2D eigenvalue weighted by atomic mass is 9.77. The molecule has 0 spiro atoms. The van der Waals surface area contributed by atoms with Crippen LogP contribution < -0.4 is 10.9 Å². The van der Waals surface area contributed by atoms with Crippen molar-refractivity contribution in [2.24, 2.45) is 0 Å². The van der Waals surface area contributed by atoms with Crippen LogP contribution in [-0.4, -0.2) is 71.5 Å². The molecular formula is C26H36B2N2O4+2. The minimum absolute atomic E-state index is 0.555. The van der Waals surface area contributed by atoms with E-state index in [4.69, 9.17) is 0 Å². The van der Waals surface area contributed by atoms with Gasteiger partial charge in [0.1, 0.15) is 26.2 Å². The zero-order valence-corrected chi connectivity index (χ0v) is 20.6. The first-order valence-corrected chi connectivity index (χ1v) is 11.6. The lowest BCUT2D eigenvalue weighted by molar-refractivity contribution is -0.917. The van der Waals surface area contributed by atoms with Crippen molar-refractivity contribution in [1.82, 2.24) is 0 Å². The first-order chi connectivity index (χ1) is 16.0. The van der Waals surface area contributed by atoms with Gasteiger partial charge in [-0.1, -0.05) is 72.8 Å². The van der Waals surface area contributed by atoms with Crippen molar-refractivity contribution in [3.63, 3.8) is 0 Å². The van der Waals surface area contributed by atoms with Gasteiger partial charge < -0.3 is 29.1 Å². The maximum absolute atomic E-state index is 9.67. The van der Waals surface area contributed by atoms with E-state index in [2.05, 4.69) is 52.5 Å². The topological polar surface area (TPSA) is 80.9 Å². The van der Waals surface area contributed by atoms with E-state index in [1.165, 1.54) is 11.1 Å². The summed E-state index contributed by atoms with van der Waals surface area (Å²) < 4.78 is 1.37. The molecule has 0 aliphatic carbocycles. The van der Waals surface area contributed by atoms with Crippen LogP contribution in [0.2, 0.25) is 0 Å². The summed E-state index contributed by atoms with van der Waals surface area (Å²) >= 11 is 0. The molecule has 4 N–H and O–H groups in total. The molecule has 6 nitrogen and oxygen atoms in total. The maximum Gasteiger partial charge on any atom is 0.488 e. The van der Waals surface area contributed by atoms with Gasteiger partial charge in [-0.15, -0.1) is 0 Å². The SMILES string of the molecule is C[N+](C)(Cc1ccc(C[N+](C)(C)Cc2ccccc2B(O)O)cc1)Cc1ccccc1B(O)O. The zero-order chi connectivity index (χ0) is 24.9. The van der Waals surface area contributed by atoms with E-state index in [1.807, 2.05) is 36.4 Å². The van der Waals surface area contributed by atoms with E-state index < -0.39 is 14.2 Å². The molecule has 34 heavy (non-hydrogen) atoms. The van der Waals surface area contributed by atoms with Gasteiger partial charge in [-0.2, -0.15) is 0 Å². The molecule has 0 saturated heterocycles. The van der Waals surface area contributed by atoms with Crippen molar-refractivity contribution in [3.05, 3.63) is 95.1 Å². The fraction of sp³-hybridized carbons (Fsp3) is 0.308. The van der Waals surface area contributed by atoms with Crippen molar-refractivity contribution >= 4 is 25.2 Å². The predicted octanol–water partition coefficient (Wildman–Crippen LogP) is 0.599. The highest BCUT2D eigenvalue weighted by Crippen LogP contribution is 2.18. The Morgan fingerprint density at radius 2 is 0.824 bits per heavy atom. The van der Waals surface area contributed by atoms with E-state index in [0.29, 0.717) is 33.0 Å². The van der Waals surface area contributed by atoms with Crippen molar-refractivity contribution < 1.29 is 29.1 Å². The first kappa shape index (κ1) is 26.2. The summed E-state index contributed by atoms with van der Waals surface area (Å²) in [7, 11) is 5.63. The van der Waals surface area contributed by atoms with Crippen LogP contribution in [0.4, 0.5) is 0 Å². The van der Waals surface area contributed by atoms with Gasteiger partial charge in [-0.25, -0.2) is 0 Å². The third-order valence-corrected chi connectivity index (χ3v) is 6.11. The third-order valence-electron chi connectivity index (χ3n) is 6.11. The monoisotopic (exact) mass is 462 g/mol. The normalized spacial score (nSPS) is 12.0. The molecule has 178 valence electrons. The van der Waals surface area contributed by atoms with Gasteiger partial charge >= 0.3 is 14.2 Å². The highest BCUT2D eigenvalue weighted by molar-refractivity contribution is 6.59. The van der Waals surface area contributed by atoms with E-state index >= 15 is 0 Å². The molecule has 0 saturated carbocycles. The second-order valence-electron chi connectivity index (χ2n) is 10.5. The Morgan fingerprint density at radius 1 is 0.500 bits per heavy atom. The standard InChI is InChI=1S/C26H36B2N2O4/c1-29(2,19-23-9-5-7-11-25(23)27(31)32)17-21-13-15-22(16-14-21)18-30(3,4)20-24-10-6-8-12-26(24)28(33)34/h5-16,31-34H,17-20H2,1-4H3/q+2. The molecule has 3 rings (SSSR count). The molecule has 0 atom stereocenters. The maximum atomic E-state index is 9.67. The van der Waals surface area contributed by atoms with Gasteiger partial charge in [0.2, 0.25) is 0 Å². The Morgan fingerprint density at radius 3 is 1.15 bits per heavy atom. The number of nitrogens with zero attached hydrogens (tertiary/aromatic N) is 2. The number of benzene rings is 3. The van der Waals surface area contributed by atoms with Crippen LogP contribution >= 0.6 is 0 Å². The highest BCUT2D eigenvalue weighted by Gasteiger charge is 2.24. The minimum atomic E-state index is -1.47. The van der Waals surface area contributed by atoms with Crippen LogP contribution in [0.5, 0.6) is 0 Å². The molecule has 0 heterocycles. The fourth-order valence-electron chi connectivity index (χ4n) is 4.63. The minimum Gasteiger partial charge on any atom is -0.423 e. The van der Waals surface area contributed by atoms with Gasteiger partial charge in [0.15, 0.2) is 0 Å². The Labute approximate surface area is 203 Å². The lowest BCUT2D eigenvalue weighted by Gasteiger charge is -2.32. The van der Waals surface area contributed by atoms with Crippen LogP contribution in [0.25, 0.3) is 0 Å². The second-order valence-corrected chi connectivity index (χ2v) is 10.5. The largest absolute Gasteiger partial charge is 0.488 e. The number of hydrogen-bond acceptors (Lipinski definition) is 4. The van der Waals surface area contributed by atoms with Crippen LogP contribution in [0.3, 0.4) is 0 Å². The molecule has 0 bridgehead atoms. The molecule has 0 radical (unpaired) electrons. The average Bonchev–Trinajstić information content (AvgIpc) is 2.74. The highest BCUT2D eigenvalue weighted by atomic mass is 16.4. The quantitative estimate of drug-likeness (QED) is 0.263. The summed E-state index contributed by atoms with van der Waals surface area (Å²) in [5.74, 6) is 0. The van der Waals surface area contributed by atoms with Gasteiger partial charge in [-0.3, -0.25) is 0 Å². The Kier molecular flexibility index (Phi) is 8.36. The lowest BCUT2D eigenvalue weighted by Crippen LogP contribution is -2.42. The van der Waals surface area contributed by atoms with Gasteiger partial charge in [0.25, 0.3) is 0 Å². The van der Waals surface area contributed by atoms with Crippen LogP contribution in [0, 0.1) is 0 Å². The third kappa shape index (κ3) is 7.27. The summed E-state index contributed by atoms with van der Waals surface area (Å²) in [4.78, 5) is 0. The Hall–Kier alpha value is -2.45. The zero-order valence-electron chi connectivity index (χ0n) is 20.6. The van der Waals surface area contributed by atoms with E-state index in [-0.39, 0.29) is 0 Å². The molecule has 3 aromatic rings.